The summed E-state index contributed by atoms with van der Waals surface area (Å²) in [5.74, 6) is -1.19. The van der Waals surface area contributed by atoms with E-state index in [1.165, 1.54) is 17.2 Å². The van der Waals surface area contributed by atoms with Crippen molar-refractivity contribution >= 4 is 17.7 Å². The van der Waals surface area contributed by atoms with Crippen molar-refractivity contribution < 1.29 is 32.7 Å². The first kappa shape index (κ1) is 29.5. The highest BCUT2D eigenvalue weighted by Gasteiger charge is 2.37. The van der Waals surface area contributed by atoms with Crippen LogP contribution in [0.2, 0.25) is 0 Å². The maximum Gasteiger partial charge on any atom is 0.416 e. The van der Waals surface area contributed by atoms with E-state index in [9.17, 15) is 32.7 Å². The van der Waals surface area contributed by atoms with Gasteiger partial charge in [0.2, 0.25) is 5.91 Å². The zero-order chi connectivity index (χ0) is 29.1. The highest BCUT2D eigenvalue weighted by molar-refractivity contribution is 5.96. The Balaban J connectivity index is 1.22. The van der Waals surface area contributed by atoms with Crippen molar-refractivity contribution in [3.05, 3.63) is 65.0 Å². The Labute approximate surface area is 230 Å². The molecule has 1 aromatic heterocycles. The summed E-state index contributed by atoms with van der Waals surface area (Å²) >= 11 is 0. The third-order valence-electron chi connectivity index (χ3n) is 7.57. The number of hydrogen-bond donors (Lipinski definition) is 3. The van der Waals surface area contributed by atoms with E-state index >= 15 is 0 Å². The summed E-state index contributed by atoms with van der Waals surface area (Å²) in [5, 5.41) is 17.2. The van der Waals surface area contributed by atoms with Crippen LogP contribution in [-0.4, -0.2) is 83.4 Å². The summed E-state index contributed by atoms with van der Waals surface area (Å²) in [5.41, 5.74) is -1.14. The molecule has 1 aliphatic carbocycles. The van der Waals surface area contributed by atoms with Crippen LogP contribution in [0.4, 0.5) is 13.2 Å². The summed E-state index contributed by atoms with van der Waals surface area (Å²) in [6.45, 7) is 0.667. The first-order chi connectivity index (χ1) is 18.9. The molecule has 0 spiro atoms. The predicted molar refractivity (Wildman–Crippen MR) is 140 cm³/mol. The number of carbonyl (C=O) groups is 3. The van der Waals surface area contributed by atoms with E-state index in [1.54, 1.807) is 31.1 Å². The number of amides is 3. The van der Waals surface area contributed by atoms with Crippen molar-refractivity contribution in [3.8, 4) is 0 Å². The summed E-state index contributed by atoms with van der Waals surface area (Å²) < 4.78 is 38.7. The second-order valence-electron chi connectivity index (χ2n) is 10.7. The van der Waals surface area contributed by atoms with Crippen LogP contribution in [0.3, 0.4) is 0 Å². The summed E-state index contributed by atoms with van der Waals surface area (Å²) in [6, 6.07) is 7.68. The Bertz CT molecular complexity index is 1230. The van der Waals surface area contributed by atoms with Crippen LogP contribution in [0.15, 0.2) is 42.6 Å². The predicted octanol–water partition coefficient (Wildman–Crippen LogP) is 2.55. The Hall–Kier alpha value is -3.51. The summed E-state index contributed by atoms with van der Waals surface area (Å²) in [6.07, 6.45) is 0.118. The number of halogens is 3. The molecule has 4 rings (SSSR count). The van der Waals surface area contributed by atoms with Crippen molar-refractivity contribution in [1.29, 1.82) is 0 Å². The second-order valence-corrected chi connectivity index (χ2v) is 10.7. The zero-order valence-corrected chi connectivity index (χ0v) is 22.5. The molecule has 2 aliphatic rings. The lowest BCUT2D eigenvalue weighted by molar-refractivity contribution is -0.137. The molecule has 2 heterocycles. The molecule has 2 aromatic rings. The lowest BCUT2D eigenvalue weighted by atomic mass is 9.79. The largest absolute Gasteiger partial charge is 0.416 e. The fraction of sp³-hybridized carbons (Fsp3) is 0.500. The normalized spacial score (nSPS) is 23.1. The highest BCUT2D eigenvalue weighted by atomic mass is 19.4. The van der Waals surface area contributed by atoms with Crippen LogP contribution in [0.5, 0.6) is 0 Å². The minimum atomic E-state index is -4.56. The molecule has 3 N–H and O–H groups in total. The van der Waals surface area contributed by atoms with Gasteiger partial charge >= 0.3 is 6.18 Å². The molecule has 0 radical (unpaired) electrons. The lowest BCUT2D eigenvalue weighted by Crippen LogP contribution is -2.46. The number of nitrogens with zero attached hydrogens (tertiary/aromatic N) is 3. The van der Waals surface area contributed by atoms with E-state index in [4.69, 9.17) is 0 Å². The number of nitrogens with one attached hydrogen (secondary N) is 2. The molecule has 1 saturated heterocycles. The van der Waals surface area contributed by atoms with Gasteiger partial charge in [-0.15, -0.1) is 0 Å². The quantitative estimate of drug-likeness (QED) is 0.479. The van der Waals surface area contributed by atoms with E-state index in [0.717, 1.165) is 24.6 Å². The van der Waals surface area contributed by atoms with Crippen LogP contribution in [-0.2, 0) is 16.6 Å². The topological polar surface area (TPSA) is 115 Å². The van der Waals surface area contributed by atoms with Crippen LogP contribution in [0.25, 0.3) is 0 Å². The molecule has 1 unspecified atom stereocenters. The van der Waals surface area contributed by atoms with Crippen LogP contribution in [0.1, 0.15) is 64.1 Å². The number of carbonyl (C=O) groups excluding carboxylic acids is 3. The smallest absolute Gasteiger partial charge is 0.384 e. The molecule has 2 fully saturated rings. The average molecular weight is 562 g/mol. The minimum Gasteiger partial charge on any atom is -0.384 e. The third-order valence-corrected chi connectivity index (χ3v) is 7.57. The van der Waals surface area contributed by atoms with Crippen LogP contribution >= 0.6 is 0 Å². The van der Waals surface area contributed by atoms with Crippen molar-refractivity contribution in [2.24, 2.45) is 0 Å². The molecule has 0 bridgehead atoms. The standard InChI is InChI=1S/C28H34F3N5O4/c1-35(2)26(39)19-6-7-23(32-15-19)27(40)11-8-21(9-12-27)34-22-10-13-36(17-22)24(37)16-33-25(38)18-4-3-5-20(14-18)28(29,30)31/h3-7,14-15,21-22,34,40H,8-13,16-17H2,1-2H3,(H,33,38). The maximum atomic E-state index is 12.9. The number of pyridine rings is 1. The van der Waals surface area contributed by atoms with Gasteiger partial charge in [-0.3, -0.25) is 19.4 Å². The van der Waals surface area contributed by atoms with Crippen molar-refractivity contribution in [2.75, 3.05) is 33.7 Å². The Morgan fingerprint density at radius 3 is 2.42 bits per heavy atom. The van der Waals surface area contributed by atoms with E-state index < -0.39 is 23.2 Å². The van der Waals surface area contributed by atoms with E-state index in [0.29, 0.717) is 50.0 Å². The molecular weight excluding hydrogens is 527 g/mol. The maximum absolute atomic E-state index is 12.9. The first-order valence-corrected chi connectivity index (χ1v) is 13.3. The Kier molecular flexibility index (Phi) is 8.79. The zero-order valence-electron chi connectivity index (χ0n) is 22.5. The van der Waals surface area contributed by atoms with Gasteiger partial charge in [0.1, 0.15) is 5.60 Å². The number of alkyl halides is 3. The second kappa shape index (κ2) is 11.9. The first-order valence-electron chi connectivity index (χ1n) is 13.3. The number of rotatable bonds is 7. The average Bonchev–Trinajstić information content (AvgIpc) is 3.40. The molecule has 9 nitrogen and oxygen atoms in total. The molecule has 1 aromatic carbocycles. The van der Waals surface area contributed by atoms with Crippen LogP contribution in [0, 0.1) is 0 Å². The monoisotopic (exact) mass is 561 g/mol. The molecule has 3 amide bonds. The lowest BCUT2D eigenvalue weighted by Gasteiger charge is -2.37. The number of aliphatic hydroxyl groups is 1. The van der Waals surface area contributed by atoms with E-state index in [1.807, 2.05) is 0 Å². The van der Waals surface area contributed by atoms with Crippen molar-refractivity contribution in [1.82, 2.24) is 25.4 Å². The number of hydrogen-bond acceptors (Lipinski definition) is 6. The van der Waals surface area contributed by atoms with E-state index in [-0.39, 0.29) is 36.0 Å². The van der Waals surface area contributed by atoms with Gasteiger partial charge in [0, 0.05) is 51.0 Å². The van der Waals surface area contributed by atoms with Gasteiger partial charge in [-0.2, -0.15) is 13.2 Å². The molecule has 12 heteroatoms. The van der Waals surface area contributed by atoms with Crippen molar-refractivity contribution in [3.63, 3.8) is 0 Å². The molecule has 1 aliphatic heterocycles. The van der Waals surface area contributed by atoms with Gasteiger partial charge in [-0.05, 0) is 62.4 Å². The van der Waals surface area contributed by atoms with E-state index in [2.05, 4.69) is 15.6 Å². The number of likely N-dealkylation sites (tertiary alicyclic amines) is 1. The Morgan fingerprint density at radius 2 is 1.80 bits per heavy atom. The van der Waals surface area contributed by atoms with Gasteiger partial charge in [0.15, 0.2) is 0 Å². The molecule has 1 atom stereocenters. The highest BCUT2D eigenvalue weighted by Crippen LogP contribution is 2.36. The molecule has 1 saturated carbocycles. The van der Waals surface area contributed by atoms with Gasteiger partial charge in [0.05, 0.1) is 23.4 Å². The number of aromatic nitrogens is 1. The summed E-state index contributed by atoms with van der Waals surface area (Å²) in [4.78, 5) is 44.5. The summed E-state index contributed by atoms with van der Waals surface area (Å²) in [7, 11) is 3.33. The van der Waals surface area contributed by atoms with Gasteiger partial charge in [-0.25, -0.2) is 0 Å². The fourth-order valence-corrected chi connectivity index (χ4v) is 5.23. The number of benzene rings is 1. The Morgan fingerprint density at radius 1 is 1.07 bits per heavy atom. The van der Waals surface area contributed by atoms with Gasteiger partial charge in [0.25, 0.3) is 11.8 Å². The molecule has 40 heavy (non-hydrogen) atoms. The SMILES string of the molecule is CN(C)C(=O)c1ccc(C2(O)CCC(NC3CCN(C(=O)CNC(=O)c4cccc(C(F)(F)F)c4)C3)CC2)nc1. The minimum absolute atomic E-state index is 0.0637. The van der Waals surface area contributed by atoms with Crippen molar-refractivity contribution in [2.45, 2.75) is 56.0 Å². The third kappa shape index (κ3) is 6.97. The van der Waals surface area contributed by atoms with Gasteiger partial charge in [-0.1, -0.05) is 6.07 Å². The van der Waals surface area contributed by atoms with Gasteiger partial charge < -0.3 is 25.5 Å². The fourth-order valence-electron chi connectivity index (χ4n) is 5.23. The molecule has 216 valence electrons. The van der Waals surface area contributed by atoms with Crippen LogP contribution < -0.4 is 10.6 Å². The molecular formula is C28H34F3N5O4.